The molecule has 96 valence electrons. The van der Waals surface area contributed by atoms with Gasteiger partial charge < -0.3 is 5.32 Å². The Morgan fingerprint density at radius 3 is 2.29 bits per heavy atom. The van der Waals surface area contributed by atoms with Crippen LogP contribution in [0.4, 0.5) is 0 Å². The zero-order valence-corrected chi connectivity index (χ0v) is 11.8. The van der Waals surface area contributed by atoms with Crippen LogP contribution in [0.5, 0.6) is 0 Å². The first-order chi connectivity index (χ1) is 7.97. The van der Waals surface area contributed by atoms with Crippen LogP contribution in [0.1, 0.15) is 52.4 Å². The van der Waals surface area contributed by atoms with Crippen LogP contribution < -0.4 is 5.32 Å². The fourth-order valence-electron chi connectivity index (χ4n) is 5.96. The van der Waals surface area contributed by atoms with Gasteiger partial charge in [-0.15, -0.1) is 0 Å². The predicted octanol–water partition coefficient (Wildman–Crippen LogP) is 4.08. The van der Waals surface area contributed by atoms with E-state index in [0.717, 1.165) is 12.5 Å². The molecule has 0 aliphatic heterocycles. The third kappa shape index (κ3) is 2.06. The molecule has 1 nitrogen and oxygen atoms in total. The van der Waals surface area contributed by atoms with Gasteiger partial charge >= 0.3 is 0 Å². The molecular formula is C15H24ClN. The first-order valence-corrected chi connectivity index (χ1v) is 7.41. The highest BCUT2D eigenvalue weighted by Gasteiger charge is 2.59. The van der Waals surface area contributed by atoms with E-state index in [0.29, 0.717) is 16.4 Å². The molecule has 2 unspecified atom stereocenters. The van der Waals surface area contributed by atoms with Crippen molar-refractivity contribution in [2.24, 2.45) is 16.7 Å². The molecule has 0 radical (unpaired) electrons. The van der Waals surface area contributed by atoms with Crippen LogP contribution in [0, 0.1) is 16.7 Å². The van der Waals surface area contributed by atoms with Gasteiger partial charge in [0.25, 0.3) is 0 Å². The first-order valence-electron chi connectivity index (χ1n) is 6.97. The van der Waals surface area contributed by atoms with E-state index < -0.39 is 0 Å². The summed E-state index contributed by atoms with van der Waals surface area (Å²) in [7, 11) is 0. The molecule has 4 aliphatic rings. The highest BCUT2D eigenvalue weighted by molar-refractivity contribution is 6.25. The third-order valence-electron chi connectivity index (χ3n) is 5.31. The molecule has 4 aliphatic carbocycles. The molecule has 17 heavy (non-hydrogen) atoms. The first kappa shape index (κ1) is 12.0. The van der Waals surface area contributed by atoms with Crippen molar-refractivity contribution in [3.63, 3.8) is 0 Å². The number of nitrogens with one attached hydrogen (secondary N) is 1. The van der Waals surface area contributed by atoms with Gasteiger partial charge in [0.1, 0.15) is 0 Å². The second kappa shape index (κ2) is 3.74. The predicted molar refractivity (Wildman–Crippen MR) is 73.1 cm³/mol. The zero-order chi connectivity index (χ0) is 12.1. The Bertz CT molecular complexity index is 331. The van der Waals surface area contributed by atoms with Gasteiger partial charge in [0.05, 0.1) is 0 Å². The molecule has 2 heteroatoms. The molecule has 0 aromatic heterocycles. The lowest BCUT2D eigenvalue weighted by molar-refractivity contribution is -0.116. The monoisotopic (exact) mass is 253 g/mol. The lowest BCUT2D eigenvalue weighted by Gasteiger charge is -2.65. The molecule has 0 heterocycles. The van der Waals surface area contributed by atoms with Gasteiger partial charge in [0, 0.05) is 17.6 Å². The standard InChI is InChI=1S/C15H24ClN/c1-13-6-12-7-14(2,9-13)11-15(8-12,10-13)17-5-3-4-16/h3-4,12,17H,5-11H2,1-2H3/b4-3+. The van der Waals surface area contributed by atoms with Crippen molar-refractivity contribution in [2.45, 2.75) is 57.9 Å². The molecule has 4 bridgehead atoms. The van der Waals surface area contributed by atoms with Crippen molar-refractivity contribution >= 4 is 11.6 Å². The lowest BCUT2D eigenvalue weighted by atomic mass is 9.43. The van der Waals surface area contributed by atoms with E-state index in [1.807, 2.05) is 6.08 Å². The van der Waals surface area contributed by atoms with Crippen LogP contribution in [0.15, 0.2) is 11.6 Å². The van der Waals surface area contributed by atoms with E-state index in [1.54, 1.807) is 5.54 Å². The highest BCUT2D eigenvalue weighted by atomic mass is 35.5. The van der Waals surface area contributed by atoms with Crippen molar-refractivity contribution in [3.05, 3.63) is 11.6 Å². The normalized spacial score (nSPS) is 52.5. The summed E-state index contributed by atoms with van der Waals surface area (Å²) in [6.45, 7) is 5.97. The second-order valence-electron chi connectivity index (χ2n) is 7.65. The average molecular weight is 254 g/mol. The topological polar surface area (TPSA) is 12.0 Å². The largest absolute Gasteiger partial charge is 0.308 e. The molecule has 0 spiro atoms. The Kier molecular flexibility index (Phi) is 2.65. The van der Waals surface area contributed by atoms with Crippen LogP contribution in [0.2, 0.25) is 0 Å². The van der Waals surface area contributed by atoms with E-state index >= 15 is 0 Å². The molecule has 4 rings (SSSR count). The molecule has 4 saturated carbocycles. The maximum Gasteiger partial charge on any atom is 0.0197 e. The van der Waals surface area contributed by atoms with E-state index in [4.69, 9.17) is 11.6 Å². The van der Waals surface area contributed by atoms with Gasteiger partial charge in [-0.05, 0) is 55.3 Å². The average Bonchev–Trinajstić information content (AvgIpc) is 2.11. The van der Waals surface area contributed by atoms with Crippen LogP contribution in [-0.4, -0.2) is 12.1 Å². The zero-order valence-electron chi connectivity index (χ0n) is 11.1. The molecule has 0 saturated heterocycles. The summed E-state index contributed by atoms with van der Waals surface area (Å²) in [6.07, 6.45) is 10.6. The van der Waals surface area contributed by atoms with Gasteiger partial charge in [0.15, 0.2) is 0 Å². The summed E-state index contributed by atoms with van der Waals surface area (Å²) in [4.78, 5) is 0. The number of hydrogen-bond donors (Lipinski definition) is 1. The van der Waals surface area contributed by atoms with Crippen molar-refractivity contribution < 1.29 is 0 Å². The maximum absolute atomic E-state index is 5.62. The number of hydrogen-bond acceptors (Lipinski definition) is 1. The van der Waals surface area contributed by atoms with Gasteiger partial charge in [-0.3, -0.25) is 0 Å². The minimum absolute atomic E-state index is 0.416. The Hall–Kier alpha value is -0.0100. The molecule has 4 fully saturated rings. The van der Waals surface area contributed by atoms with Crippen LogP contribution in [-0.2, 0) is 0 Å². The lowest BCUT2D eigenvalue weighted by Crippen LogP contribution is -2.64. The summed E-state index contributed by atoms with van der Waals surface area (Å²) < 4.78 is 0. The minimum atomic E-state index is 0.416. The Labute approximate surface area is 110 Å². The molecule has 2 atom stereocenters. The van der Waals surface area contributed by atoms with E-state index in [9.17, 15) is 0 Å². The summed E-state index contributed by atoms with van der Waals surface area (Å²) in [6, 6.07) is 0. The van der Waals surface area contributed by atoms with Gasteiger partial charge in [-0.25, -0.2) is 0 Å². The molecule has 0 aromatic carbocycles. The SMILES string of the molecule is CC12CC3CC(C)(C1)CC(NC/C=C/Cl)(C3)C2. The van der Waals surface area contributed by atoms with E-state index in [-0.39, 0.29) is 0 Å². The maximum atomic E-state index is 5.62. The summed E-state index contributed by atoms with van der Waals surface area (Å²) in [5, 5.41) is 3.81. The molecule has 0 aromatic rings. The van der Waals surface area contributed by atoms with Crippen LogP contribution in [0.25, 0.3) is 0 Å². The summed E-state index contributed by atoms with van der Waals surface area (Å²) in [5.74, 6) is 0.966. The van der Waals surface area contributed by atoms with Gasteiger partial charge in [0.2, 0.25) is 0 Å². The number of rotatable bonds is 3. The molecule has 0 amide bonds. The van der Waals surface area contributed by atoms with Crippen molar-refractivity contribution in [2.75, 3.05) is 6.54 Å². The summed E-state index contributed by atoms with van der Waals surface area (Å²) in [5.41, 5.74) is 3.26. The molecule has 1 N–H and O–H groups in total. The third-order valence-corrected chi connectivity index (χ3v) is 5.49. The smallest absolute Gasteiger partial charge is 0.0197 e. The second-order valence-corrected chi connectivity index (χ2v) is 7.90. The van der Waals surface area contributed by atoms with Crippen molar-refractivity contribution in [3.8, 4) is 0 Å². The summed E-state index contributed by atoms with van der Waals surface area (Å²) >= 11 is 5.62. The number of halogens is 1. The molecular weight excluding hydrogens is 230 g/mol. The van der Waals surface area contributed by atoms with E-state index in [2.05, 4.69) is 19.2 Å². The van der Waals surface area contributed by atoms with Gasteiger partial charge in [-0.2, -0.15) is 0 Å². The van der Waals surface area contributed by atoms with E-state index in [1.165, 1.54) is 38.5 Å². The fourth-order valence-corrected chi connectivity index (χ4v) is 6.05. The van der Waals surface area contributed by atoms with Crippen molar-refractivity contribution in [1.82, 2.24) is 5.32 Å². The van der Waals surface area contributed by atoms with Gasteiger partial charge in [-0.1, -0.05) is 31.5 Å². The van der Waals surface area contributed by atoms with Crippen LogP contribution >= 0.6 is 11.6 Å². The Balaban J connectivity index is 1.82. The quantitative estimate of drug-likeness (QED) is 0.799. The van der Waals surface area contributed by atoms with Crippen LogP contribution in [0.3, 0.4) is 0 Å². The van der Waals surface area contributed by atoms with Crippen molar-refractivity contribution in [1.29, 1.82) is 0 Å². The minimum Gasteiger partial charge on any atom is -0.308 e. The Morgan fingerprint density at radius 1 is 1.12 bits per heavy atom. The highest BCUT2D eigenvalue weighted by Crippen LogP contribution is 2.66. The fraction of sp³-hybridized carbons (Fsp3) is 0.867. The Morgan fingerprint density at radius 2 is 1.76 bits per heavy atom.